The summed E-state index contributed by atoms with van der Waals surface area (Å²) in [5.74, 6) is 0. The van der Waals surface area contributed by atoms with Crippen LogP contribution in [0.2, 0.25) is 0 Å². The Balaban J connectivity index is 1.74. The molecule has 1 fully saturated rings. The van der Waals surface area contributed by atoms with E-state index in [9.17, 15) is 0 Å². The van der Waals surface area contributed by atoms with E-state index in [1.807, 2.05) is 5.51 Å². The monoisotopic (exact) mass is 255 g/mol. The highest BCUT2D eigenvalue weighted by Crippen LogP contribution is 2.12. The van der Waals surface area contributed by atoms with Gasteiger partial charge in [0.1, 0.15) is 0 Å². The van der Waals surface area contributed by atoms with Gasteiger partial charge in [-0.3, -0.25) is 4.90 Å². The zero-order valence-electron chi connectivity index (χ0n) is 10.6. The Morgan fingerprint density at radius 2 is 2.24 bits per heavy atom. The quantitative estimate of drug-likeness (QED) is 0.865. The van der Waals surface area contributed by atoms with Gasteiger partial charge in [0.15, 0.2) is 0 Å². The van der Waals surface area contributed by atoms with Gasteiger partial charge in [-0.15, -0.1) is 11.3 Å². The van der Waals surface area contributed by atoms with Gasteiger partial charge in [0, 0.05) is 37.1 Å². The lowest BCUT2D eigenvalue weighted by Gasteiger charge is -2.30. The van der Waals surface area contributed by atoms with E-state index in [0.717, 1.165) is 38.5 Å². The minimum Gasteiger partial charge on any atom is -0.379 e. The van der Waals surface area contributed by atoms with Gasteiger partial charge in [0.2, 0.25) is 0 Å². The van der Waals surface area contributed by atoms with Gasteiger partial charge < -0.3 is 10.1 Å². The van der Waals surface area contributed by atoms with Gasteiger partial charge in [-0.05, 0) is 13.8 Å². The average molecular weight is 255 g/mol. The molecule has 4 nitrogen and oxygen atoms in total. The minimum atomic E-state index is 0.331. The van der Waals surface area contributed by atoms with Crippen molar-refractivity contribution in [2.45, 2.75) is 25.9 Å². The van der Waals surface area contributed by atoms with E-state index in [-0.39, 0.29) is 0 Å². The predicted molar refractivity (Wildman–Crippen MR) is 70.4 cm³/mol. The fourth-order valence-corrected chi connectivity index (χ4v) is 2.82. The maximum atomic E-state index is 5.35. The summed E-state index contributed by atoms with van der Waals surface area (Å²) >= 11 is 1.65. The number of hydrogen-bond donors (Lipinski definition) is 1. The average Bonchev–Trinajstić information content (AvgIpc) is 2.83. The Kier molecular flexibility index (Phi) is 4.91. The zero-order chi connectivity index (χ0) is 12.1. The second kappa shape index (κ2) is 6.44. The van der Waals surface area contributed by atoms with Crippen LogP contribution in [0.5, 0.6) is 0 Å². The van der Waals surface area contributed by atoms with E-state index < -0.39 is 0 Å². The third-order valence-corrected chi connectivity index (χ3v) is 3.67. The summed E-state index contributed by atoms with van der Waals surface area (Å²) < 4.78 is 5.35. The summed E-state index contributed by atoms with van der Waals surface area (Å²) in [6.45, 7) is 9.33. The molecule has 96 valence electrons. The standard InChI is InChI=1S/C12H21N3OS/c1-10(7-15-3-5-16-6-4-15)14-11(2)12-8-17-9-13-12/h8-11,14H,3-7H2,1-2H3. The maximum absolute atomic E-state index is 5.35. The molecule has 0 radical (unpaired) electrons. The molecule has 0 amide bonds. The van der Waals surface area contributed by atoms with Crippen LogP contribution in [0.15, 0.2) is 10.9 Å². The van der Waals surface area contributed by atoms with Crippen molar-refractivity contribution in [3.05, 3.63) is 16.6 Å². The molecule has 1 aliphatic rings. The van der Waals surface area contributed by atoms with Crippen LogP contribution in [0.1, 0.15) is 25.6 Å². The molecule has 2 unspecified atom stereocenters. The van der Waals surface area contributed by atoms with E-state index in [1.54, 1.807) is 11.3 Å². The van der Waals surface area contributed by atoms with Crippen molar-refractivity contribution in [1.82, 2.24) is 15.2 Å². The van der Waals surface area contributed by atoms with E-state index >= 15 is 0 Å². The Bertz CT molecular complexity index is 312. The highest BCUT2D eigenvalue weighted by atomic mass is 32.1. The molecule has 0 bridgehead atoms. The number of rotatable bonds is 5. The number of aromatic nitrogens is 1. The fourth-order valence-electron chi connectivity index (χ4n) is 2.17. The van der Waals surface area contributed by atoms with Crippen molar-refractivity contribution >= 4 is 11.3 Å². The summed E-state index contributed by atoms with van der Waals surface area (Å²) in [6.07, 6.45) is 0. The smallest absolute Gasteiger partial charge is 0.0795 e. The normalized spacial score (nSPS) is 21.3. The molecule has 1 aromatic heterocycles. The molecule has 2 rings (SSSR count). The first-order valence-electron chi connectivity index (χ1n) is 6.20. The number of ether oxygens (including phenoxy) is 1. The first-order valence-corrected chi connectivity index (χ1v) is 7.14. The predicted octanol–water partition coefficient (Wildman–Crippen LogP) is 1.51. The number of morpholine rings is 1. The topological polar surface area (TPSA) is 37.4 Å². The van der Waals surface area contributed by atoms with Crippen LogP contribution >= 0.6 is 11.3 Å². The van der Waals surface area contributed by atoms with Crippen molar-refractivity contribution in [2.24, 2.45) is 0 Å². The van der Waals surface area contributed by atoms with E-state index in [2.05, 4.69) is 34.4 Å². The molecular formula is C12H21N3OS. The van der Waals surface area contributed by atoms with Gasteiger partial charge in [-0.2, -0.15) is 0 Å². The lowest BCUT2D eigenvalue weighted by atomic mass is 10.2. The molecule has 1 saturated heterocycles. The Morgan fingerprint density at radius 1 is 1.47 bits per heavy atom. The highest BCUT2D eigenvalue weighted by Gasteiger charge is 2.16. The Morgan fingerprint density at radius 3 is 2.88 bits per heavy atom. The molecule has 2 atom stereocenters. The second-order valence-electron chi connectivity index (χ2n) is 4.62. The molecule has 0 aromatic carbocycles. The van der Waals surface area contributed by atoms with Crippen LogP contribution in [-0.2, 0) is 4.74 Å². The SMILES string of the molecule is CC(CN1CCOCC1)NC(C)c1cscn1. The number of nitrogens with zero attached hydrogens (tertiary/aromatic N) is 2. The zero-order valence-corrected chi connectivity index (χ0v) is 11.4. The van der Waals surface area contributed by atoms with Crippen molar-refractivity contribution in [2.75, 3.05) is 32.8 Å². The van der Waals surface area contributed by atoms with Crippen molar-refractivity contribution in [3.8, 4) is 0 Å². The van der Waals surface area contributed by atoms with Crippen LogP contribution in [0.25, 0.3) is 0 Å². The molecule has 17 heavy (non-hydrogen) atoms. The number of hydrogen-bond acceptors (Lipinski definition) is 5. The molecule has 1 aliphatic heterocycles. The molecule has 0 aliphatic carbocycles. The summed E-state index contributed by atoms with van der Waals surface area (Å²) in [7, 11) is 0. The van der Waals surface area contributed by atoms with Gasteiger partial charge in [0.05, 0.1) is 24.4 Å². The van der Waals surface area contributed by atoms with E-state index in [1.165, 1.54) is 0 Å². The number of thiazole rings is 1. The van der Waals surface area contributed by atoms with Crippen molar-refractivity contribution in [3.63, 3.8) is 0 Å². The van der Waals surface area contributed by atoms with Crippen LogP contribution < -0.4 is 5.32 Å². The van der Waals surface area contributed by atoms with Crippen LogP contribution in [0.3, 0.4) is 0 Å². The molecule has 0 saturated carbocycles. The first kappa shape index (κ1) is 13.0. The fraction of sp³-hybridized carbons (Fsp3) is 0.750. The lowest BCUT2D eigenvalue weighted by molar-refractivity contribution is 0.0339. The summed E-state index contributed by atoms with van der Waals surface area (Å²) in [5.41, 5.74) is 3.03. The van der Waals surface area contributed by atoms with Crippen LogP contribution in [-0.4, -0.2) is 48.8 Å². The molecule has 0 spiro atoms. The van der Waals surface area contributed by atoms with Gasteiger partial charge >= 0.3 is 0 Å². The molecule has 2 heterocycles. The Labute approximate surface area is 107 Å². The Hall–Kier alpha value is -0.490. The lowest BCUT2D eigenvalue weighted by Crippen LogP contribution is -2.45. The maximum Gasteiger partial charge on any atom is 0.0795 e. The van der Waals surface area contributed by atoms with Crippen LogP contribution in [0.4, 0.5) is 0 Å². The van der Waals surface area contributed by atoms with Crippen LogP contribution in [0, 0.1) is 0 Å². The van der Waals surface area contributed by atoms with Crippen molar-refractivity contribution < 1.29 is 4.74 Å². The van der Waals surface area contributed by atoms with Crippen molar-refractivity contribution in [1.29, 1.82) is 0 Å². The molecule has 1 aromatic rings. The largest absolute Gasteiger partial charge is 0.379 e. The number of nitrogens with one attached hydrogen (secondary N) is 1. The van der Waals surface area contributed by atoms with E-state index in [0.29, 0.717) is 12.1 Å². The highest BCUT2D eigenvalue weighted by molar-refractivity contribution is 7.07. The van der Waals surface area contributed by atoms with Gasteiger partial charge in [-0.25, -0.2) is 4.98 Å². The van der Waals surface area contributed by atoms with Gasteiger partial charge in [0.25, 0.3) is 0 Å². The summed E-state index contributed by atoms with van der Waals surface area (Å²) in [6, 6.07) is 0.807. The van der Waals surface area contributed by atoms with Gasteiger partial charge in [-0.1, -0.05) is 0 Å². The summed E-state index contributed by atoms with van der Waals surface area (Å²) in [5, 5.41) is 5.70. The van der Waals surface area contributed by atoms with E-state index in [4.69, 9.17) is 4.74 Å². The second-order valence-corrected chi connectivity index (χ2v) is 5.33. The molecule has 1 N–H and O–H groups in total. The third kappa shape index (κ3) is 4.03. The minimum absolute atomic E-state index is 0.331. The first-order chi connectivity index (χ1) is 8.25. The molecule has 5 heteroatoms. The molecular weight excluding hydrogens is 234 g/mol. The third-order valence-electron chi connectivity index (χ3n) is 3.07. The summed E-state index contributed by atoms with van der Waals surface area (Å²) in [4.78, 5) is 6.79.